The maximum Gasteiger partial charge on any atom is 0.573 e. The molecular weight excluding hydrogens is 219 g/mol. The minimum absolute atomic E-state index is 0.106. The van der Waals surface area contributed by atoms with Crippen LogP contribution in [0.25, 0.3) is 0 Å². The Morgan fingerprint density at radius 3 is 2.50 bits per heavy atom. The predicted octanol–water partition coefficient (Wildman–Crippen LogP) is 2.70. The molecule has 1 aromatic rings. The van der Waals surface area contributed by atoms with Crippen molar-refractivity contribution in [3.63, 3.8) is 0 Å². The Hall–Kier alpha value is -0.940. The van der Waals surface area contributed by atoms with Crippen LogP contribution in [0.1, 0.15) is 5.56 Å². The highest BCUT2D eigenvalue weighted by Crippen LogP contribution is 2.30. The number of nitrogens with two attached hydrogens (primary N) is 1. The zero-order chi connectivity index (χ0) is 10.8. The molecule has 0 amide bonds. The lowest BCUT2D eigenvalue weighted by Gasteiger charge is -2.12. The van der Waals surface area contributed by atoms with Gasteiger partial charge in [0.05, 0.1) is 0 Å². The van der Waals surface area contributed by atoms with Crippen LogP contribution in [0.2, 0.25) is 5.02 Å². The van der Waals surface area contributed by atoms with E-state index in [4.69, 9.17) is 17.3 Å². The van der Waals surface area contributed by atoms with Gasteiger partial charge in [-0.1, -0.05) is 17.7 Å². The summed E-state index contributed by atoms with van der Waals surface area (Å²) in [7, 11) is 0. The highest BCUT2D eigenvalue weighted by molar-refractivity contribution is 6.31. The first-order valence-electron chi connectivity index (χ1n) is 3.67. The van der Waals surface area contributed by atoms with Crippen LogP contribution in [-0.2, 0) is 6.54 Å². The summed E-state index contributed by atoms with van der Waals surface area (Å²) < 4.78 is 39.4. The summed E-state index contributed by atoms with van der Waals surface area (Å²) >= 11 is 5.63. The molecule has 0 aliphatic heterocycles. The molecule has 0 spiro atoms. The van der Waals surface area contributed by atoms with E-state index in [9.17, 15) is 13.2 Å². The summed E-state index contributed by atoms with van der Waals surface area (Å²) in [4.78, 5) is 0. The second-order valence-electron chi connectivity index (χ2n) is 2.47. The van der Waals surface area contributed by atoms with Crippen LogP contribution < -0.4 is 10.5 Å². The fraction of sp³-hybridized carbons (Fsp3) is 0.250. The molecule has 14 heavy (non-hydrogen) atoms. The maximum absolute atomic E-state index is 11.9. The Balaban J connectivity index is 3.02. The van der Waals surface area contributed by atoms with Crippen molar-refractivity contribution in [1.29, 1.82) is 0 Å². The molecule has 0 aromatic heterocycles. The third-order valence-electron chi connectivity index (χ3n) is 1.51. The molecule has 0 atom stereocenters. The van der Waals surface area contributed by atoms with Crippen LogP contribution in [0.15, 0.2) is 18.2 Å². The van der Waals surface area contributed by atoms with Crippen molar-refractivity contribution in [1.82, 2.24) is 0 Å². The first-order chi connectivity index (χ1) is 6.44. The number of halogens is 4. The van der Waals surface area contributed by atoms with E-state index in [0.29, 0.717) is 0 Å². The van der Waals surface area contributed by atoms with E-state index < -0.39 is 6.36 Å². The van der Waals surface area contributed by atoms with E-state index in [-0.39, 0.29) is 22.9 Å². The lowest BCUT2D eigenvalue weighted by atomic mass is 10.2. The first kappa shape index (κ1) is 11.1. The molecule has 2 nitrogen and oxygen atoms in total. The van der Waals surface area contributed by atoms with Crippen molar-refractivity contribution in [2.75, 3.05) is 0 Å². The highest BCUT2D eigenvalue weighted by Gasteiger charge is 2.32. The van der Waals surface area contributed by atoms with Crippen LogP contribution in [0, 0.1) is 0 Å². The number of rotatable bonds is 2. The topological polar surface area (TPSA) is 35.2 Å². The van der Waals surface area contributed by atoms with Gasteiger partial charge in [0, 0.05) is 17.1 Å². The van der Waals surface area contributed by atoms with Gasteiger partial charge in [-0.3, -0.25) is 0 Å². The lowest BCUT2D eigenvalue weighted by Crippen LogP contribution is -2.18. The van der Waals surface area contributed by atoms with E-state index in [2.05, 4.69) is 4.74 Å². The van der Waals surface area contributed by atoms with Crippen LogP contribution in [-0.4, -0.2) is 6.36 Å². The summed E-state index contributed by atoms with van der Waals surface area (Å²) in [6.45, 7) is -0.106. The molecule has 2 N–H and O–H groups in total. The Bertz CT molecular complexity index is 327. The average molecular weight is 226 g/mol. The molecule has 0 radical (unpaired) electrons. The first-order valence-corrected chi connectivity index (χ1v) is 4.05. The molecule has 0 saturated heterocycles. The molecule has 0 aliphatic carbocycles. The minimum atomic E-state index is -4.73. The lowest BCUT2D eigenvalue weighted by molar-refractivity contribution is -0.274. The molecule has 1 rings (SSSR count). The van der Waals surface area contributed by atoms with Crippen molar-refractivity contribution in [2.45, 2.75) is 12.9 Å². The number of hydrogen-bond donors (Lipinski definition) is 1. The van der Waals surface area contributed by atoms with Crippen molar-refractivity contribution < 1.29 is 17.9 Å². The molecule has 6 heteroatoms. The Kier molecular flexibility index (Phi) is 3.23. The number of benzene rings is 1. The zero-order valence-corrected chi connectivity index (χ0v) is 7.69. The second-order valence-corrected chi connectivity index (χ2v) is 2.88. The third-order valence-corrected chi connectivity index (χ3v) is 1.86. The van der Waals surface area contributed by atoms with Gasteiger partial charge in [-0.05, 0) is 12.1 Å². The average Bonchev–Trinajstić information content (AvgIpc) is 2.01. The van der Waals surface area contributed by atoms with Gasteiger partial charge in [-0.15, -0.1) is 13.2 Å². The van der Waals surface area contributed by atoms with Crippen molar-refractivity contribution in [3.8, 4) is 5.75 Å². The summed E-state index contributed by atoms with van der Waals surface area (Å²) in [6.07, 6.45) is -4.73. The van der Waals surface area contributed by atoms with E-state index in [1.54, 1.807) is 0 Å². The summed E-state index contributed by atoms with van der Waals surface area (Å²) in [5.41, 5.74) is 5.38. The SMILES string of the molecule is NCc1c(Cl)cccc1OC(F)(F)F. The van der Waals surface area contributed by atoms with Gasteiger partial charge in [-0.2, -0.15) is 0 Å². The van der Waals surface area contributed by atoms with Crippen molar-refractivity contribution in [3.05, 3.63) is 28.8 Å². The van der Waals surface area contributed by atoms with Crippen molar-refractivity contribution >= 4 is 11.6 Å². The monoisotopic (exact) mass is 225 g/mol. The van der Waals surface area contributed by atoms with E-state index in [1.165, 1.54) is 18.2 Å². The summed E-state index contributed by atoms with van der Waals surface area (Å²) in [5.74, 6) is -0.354. The molecule has 0 bridgehead atoms. The van der Waals surface area contributed by atoms with Gasteiger partial charge >= 0.3 is 6.36 Å². The molecule has 0 heterocycles. The Labute approximate surface area is 83.4 Å². The molecule has 1 aromatic carbocycles. The standard InChI is InChI=1S/C8H7ClF3NO/c9-6-2-1-3-7(5(6)4-13)14-8(10,11)12/h1-3H,4,13H2. The molecule has 0 aliphatic rings. The minimum Gasteiger partial charge on any atom is -0.405 e. The normalized spacial score (nSPS) is 11.5. The number of ether oxygens (including phenoxy) is 1. The van der Waals surface area contributed by atoms with Crippen LogP contribution in [0.4, 0.5) is 13.2 Å². The largest absolute Gasteiger partial charge is 0.573 e. The Morgan fingerprint density at radius 1 is 1.36 bits per heavy atom. The molecule has 0 unspecified atom stereocenters. The van der Waals surface area contributed by atoms with Crippen LogP contribution in [0.5, 0.6) is 5.75 Å². The summed E-state index contributed by atoms with van der Waals surface area (Å²) in [6, 6.07) is 3.98. The second kappa shape index (κ2) is 4.06. The predicted molar refractivity (Wildman–Crippen MR) is 46.0 cm³/mol. The van der Waals surface area contributed by atoms with Crippen LogP contribution in [0.3, 0.4) is 0 Å². The third kappa shape index (κ3) is 2.78. The molecule has 78 valence electrons. The van der Waals surface area contributed by atoms with E-state index >= 15 is 0 Å². The highest BCUT2D eigenvalue weighted by atomic mass is 35.5. The zero-order valence-electron chi connectivity index (χ0n) is 6.94. The Morgan fingerprint density at radius 2 is 2.00 bits per heavy atom. The smallest absolute Gasteiger partial charge is 0.405 e. The fourth-order valence-corrected chi connectivity index (χ4v) is 1.20. The number of alkyl halides is 3. The van der Waals surface area contributed by atoms with Gasteiger partial charge in [0.15, 0.2) is 0 Å². The van der Waals surface area contributed by atoms with Crippen LogP contribution >= 0.6 is 11.6 Å². The quantitative estimate of drug-likeness (QED) is 0.840. The van der Waals surface area contributed by atoms with E-state index in [1.807, 2.05) is 0 Å². The van der Waals surface area contributed by atoms with Crippen molar-refractivity contribution in [2.24, 2.45) is 5.73 Å². The van der Waals surface area contributed by atoms with Gasteiger partial charge in [-0.25, -0.2) is 0 Å². The fourth-order valence-electron chi connectivity index (χ4n) is 0.957. The molecule has 0 saturated carbocycles. The number of hydrogen-bond acceptors (Lipinski definition) is 2. The van der Waals surface area contributed by atoms with Gasteiger partial charge in [0.2, 0.25) is 0 Å². The van der Waals surface area contributed by atoms with Gasteiger partial charge < -0.3 is 10.5 Å². The molecular formula is C8H7ClF3NO. The summed E-state index contributed by atoms with van der Waals surface area (Å²) in [5, 5.41) is 0.161. The molecule has 0 fully saturated rings. The van der Waals surface area contributed by atoms with Gasteiger partial charge in [0.25, 0.3) is 0 Å². The maximum atomic E-state index is 11.9. The van der Waals surface area contributed by atoms with Gasteiger partial charge in [0.1, 0.15) is 5.75 Å². The van der Waals surface area contributed by atoms with E-state index in [0.717, 1.165) is 0 Å².